The Morgan fingerprint density at radius 1 is 1.39 bits per heavy atom. The molecule has 23 heavy (non-hydrogen) atoms. The number of aliphatic hydroxyl groups is 1. The Kier molecular flexibility index (Phi) is 3.66. The van der Waals surface area contributed by atoms with Crippen LogP contribution in [0.2, 0.25) is 0 Å². The third-order valence-corrected chi connectivity index (χ3v) is 8.05. The second-order valence-electron chi connectivity index (χ2n) is 7.85. The van der Waals surface area contributed by atoms with Crippen LogP contribution in [0.3, 0.4) is 0 Å². The second kappa shape index (κ2) is 5.35. The number of phenolic OH excluding ortho intramolecular Hbond substituents is 1. The number of nitriles is 1. The summed E-state index contributed by atoms with van der Waals surface area (Å²) >= 11 is 2.39. The SMILES string of the molecule is C[C@]12CC[C@@H]3c4ccc(O)cc4C[C@@H](C#N)[C@H]3[C@@H]1CC([125I])[C@@H]2O. The molecular formula is C19H22INO2. The molecular weight excluding hydrogens is 399 g/mol. The third kappa shape index (κ3) is 2.16. The van der Waals surface area contributed by atoms with Gasteiger partial charge in [0.25, 0.3) is 0 Å². The van der Waals surface area contributed by atoms with Gasteiger partial charge in [-0.05, 0) is 72.1 Å². The molecule has 3 aliphatic carbocycles. The first-order valence-corrected chi connectivity index (χ1v) is 9.74. The van der Waals surface area contributed by atoms with Crippen molar-refractivity contribution in [1.29, 1.82) is 5.26 Å². The molecule has 2 saturated carbocycles. The van der Waals surface area contributed by atoms with Gasteiger partial charge in [0.15, 0.2) is 0 Å². The van der Waals surface area contributed by atoms with Crippen molar-refractivity contribution in [3.8, 4) is 11.8 Å². The predicted molar refractivity (Wildman–Crippen MR) is 96.4 cm³/mol. The van der Waals surface area contributed by atoms with Crippen LogP contribution in [-0.4, -0.2) is 20.2 Å². The fourth-order valence-corrected chi connectivity index (χ4v) is 7.07. The van der Waals surface area contributed by atoms with Gasteiger partial charge in [-0.1, -0.05) is 35.6 Å². The Labute approximate surface area is 150 Å². The fourth-order valence-electron chi connectivity index (χ4n) is 5.70. The molecule has 0 saturated heterocycles. The van der Waals surface area contributed by atoms with Gasteiger partial charge in [0.1, 0.15) is 5.75 Å². The Morgan fingerprint density at radius 2 is 2.17 bits per heavy atom. The van der Waals surface area contributed by atoms with Crippen molar-refractivity contribution < 1.29 is 10.2 Å². The fraction of sp³-hybridized carbons (Fsp3) is 0.632. The van der Waals surface area contributed by atoms with Crippen molar-refractivity contribution in [2.24, 2.45) is 23.2 Å². The van der Waals surface area contributed by atoms with Crippen LogP contribution >= 0.6 is 22.6 Å². The van der Waals surface area contributed by atoms with E-state index < -0.39 is 0 Å². The number of aliphatic hydroxyl groups excluding tert-OH is 1. The third-order valence-electron chi connectivity index (χ3n) is 6.86. The number of rotatable bonds is 0. The Hall–Kier alpha value is -0.800. The molecule has 0 spiro atoms. The van der Waals surface area contributed by atoms with Crippen LogP contribution in [0.4, 0.5) is 0 Å². The van der Waals surface area contributed by atoms with Crippen LogP contribution < -0.4 is 0 Å². The largest absolute Gasteiger partial charge is 0.508 e. The lowest BCUT2D eigenvalue weighted by atomic mass is 9.53. The van der Waals surface area contributed by atoms with E-state index >= 15 is 0 Å². The maximum absolute atomic E-state index is 10.7. The summed E-state index contributed by atoms with van der Waals surface area (Å²) in [6, 6.07) is 8.24. The van der Waals surface area contributed by atoms with Crippen molar-refractivity contribution in [1.82, 2.24) is 0 Å². The summed E-state index contributed by atoms with van der Waals surface area (Å²) in [4.78, 5) is 0. The number of nitrogens with zero attached hydrogens (tertiary/aromatic N) is 1. The van der Waals surface area contributed by atoms with Crippen LogP contribution in [0.15, 0.2) is 18.2 Å². The standard InChI is InChI=1S/C19H22INO2/c1-19-5-4-14-13-3-2-12(22)7-10(13)6-11(9-21)17(14)15(19)8-16(20)18(19)23/h2-3,7,11,14-18,22-23H,4-6,8H2,1H3/t11-,14+,15-,16?,17+,18-,19-/m0/s1/i20-2. The molecule has 1 aromatic carbocycles. The Morgan fingerprint density at radius 3 is 2.91 bits per heavy atom. The van der Waals surface area contributed by atoms with E-state index in [9.17, 15) is 15.5 Å². The summed E-state index contributed by atoms with van der Waals surface area (Å²) in [6.07, 6.45) is 3.56. The van der Waals surface area contributed by atoms with Gasteiger partial charge in [0.05, 0.1) is 18.1 Å². The van der Waals surface area contributed by atoms with Gasteiger partial charge in [-0.15, -0.1) is 0 Å². The molecule has 0 heterocycles. The molecule has 2 fully saturated rings. The number of alkyl halides is 1. The average molecular weight is 421 g/mol. The molecule has 3 nitrogen and oxygen atoms in total. The van der Waals surface area contributed by atoms with E-state index in [1.807, 2.05) is 6.07 Å². The van der Waals surface area contributed by atoms with Gasteiger partial charge in [0, 0.05) is 3.92 Å². The topological polar surface area (TPSA) is 64.2 Å². The molecule has 0 radical (unpaired) electrons. The van der Waals surface area contributed by atoms with Gasteiger partial charge in [-0.3, -0.25) is 0 Å². The highest BCUT2D eigenvalue weighted by Gasteiger charge is 2.59. The number of phenols is 1. The zero-order valence-electron chi connectivity index (χ0n) is 13.2. The quantitative estimate of drug-likeness (QED) is 0.495. The van der Waals surface area contributed by atoms with Crippen molar-refractivity contribution >= 4 is 22.6 Å². The minimum atomic E-state index is -0.255. The summed E-state index contributed by atoms with van der Waals surface area (Å²) in [5.74, 6) is 1.45. The normalized spacial score (nSPS) is 44.8. The Balaban J connectivity index is 1.79. The van der Waals surface area contributed by atoms with E-state index in [0.717, 1.165) is 31.2 Å². The molecule has 2 N–H and O–H groups in total. The monoisotopic (exact) mass is 421 g/mol. The molecule has 7 atom stereocenters. The highest BCUT2D eigenvalue weighted by Crippen LogP contribution is 2.63. The molecule has 0 amide bonds. The van der Waals surface area contributed by atoms with E-state index in [1.165, 1.54) is 5.56 Å². The molecule has 1 aromatic rings. The summed E-state index contributed by atoms with van der Waals surface area (Å²) < 4.78 is 0.293. The van der Waals surface area contributed by atoms with Crippen LogP contribution in [-0.2, 0) is 6.42 Å². The zero-order valence-corrected chi connectivity index (χ0v) is 15.4. The van der Waals surface area contributed by atoms with Gasteiger partial charge < -0.3 is 10.2 Å². The first-order chi connectivity index (χ1) is 11.0. The summed E-state index contributed by atoms with van der Waals surface area (Å²) in [6.45, 7) is 2.23. The highest BCUT2D eigenvalue weighted by molar-refractivity contribution is 14.1. The number of hydrogen-bond donors (Lipinski definition) is 2. The summed E-state index contributed by atoms with van der Waals surface area (Å²) in [5, 5.41) is 30.3. The highest BCUT2D eigenvalue weighted by atomic mass is 125. The van der Waals surface area contributed by atoms with Crippen molar-refractivity contribution in [3.63, 3.8) is 0 Å². The van der Waals surface area contributed by atoms with Crippen LogP contribution in [0.25, 0.3) is 0 Å². The minimum absolute atomic E-state index is 0.00664. The molecule has 4 heteroatoms. The van der Waals surface area contributed by atoms with Crippen molar-refractivity contribution in [3.05, 3.63) is 29.3 Å². The predicted octanol–water partition coefficient (Wildman–Crippen LogP) is 3.77. The number of aromatic hydroxyl groups is 1. The number of fused-ring (bicyclic) bond motifs is 5. The molecule has 0 aliphatic heterocycles. The minimum Gasteiger partial charge on any atom is -0.508 e. The second-order valence-corrected chi connectivity index (χ2v) is 9.45. The Bertz CT molecular complexity index is 684. The van der Waals surface area contributed by atoms with E-state index in [2.05, 4.69) is 41.7 Å². The molecule has 1 unspecified atom stereocenters. The smallest absolute Gasteiger partial charge is 0.115 e. The van der Waals surface area contributed by atoms with Gasteiger partial charge in [-0.2, -0.15) is 5.26 Å². The van der Waals surface area contributed by atoms with E-state index in [-0.39, 0.29) is 17.4 Å². The van der Waals surface area contributed by atoms with Gasteiger partial charge in [0.2, 0.25) is 0 Å². The molecule has 122 valence electrons. The average Bonchev–Trinajstić information content (AvgIpc) is 2.77. The van der Waals surface area contributed by atoms with Crippen LogP contribution in [0, 0.1) is 34.5 Å². The summed E-state index contributed by atoms with van der Waals surface area (Å²) in [7, 11) is 0. The molecule has 4 rings (SSSR count). The lowest BCUT2D eigenvalue weighted by Gasteiger charge is -2.51. The van der Waals surface area contributed by atoms with Crippen LogP contribution in [0.1, 0.15) is 43.2 Å². The molecule has 0 aromatic heterocycles. The van der Waals surface area contributed by atoms with E-state index in [0.29, 0.717) is 27.4 Å². The summed E-state index contributed by atoms with van der Waals surface area (Å²) in [5.41, 5.74) is 2.43. The maximum atomic E-state index is 10.7. The van der Waals surface area contributed by atoms with Crippen LogP contribution in [0.5, 0.6) is 5.75 Å². The van der Waals surface area contributed by atoms with E-state index in [1.54, 1.807) is 6.07 Å². The first kappa shape index (κ1) is 15.7. The van der Waals surface area contributed by atoms with Crippen molar-refractivity contribution in [2.75, 3.05) is 0 Å². The maximum Gasteiger partial charge on any atom is 0.115 e. The number of hydrogen-bond acceptors (Lipinski definition) is 3. The molecule has 0 bridgehead atoms. The van der Waals surface area contributed by atoms with Gasteiger partial charge >= 0.3 is 0 Å². The molecule has 3 aliphatic rings. The number of halogens is 1. The number of benzene rings is 1. The van der Waals surface area contributed by atoms with Crippen molar-refractivity contribution in [2.45, 2.75) is 48.6 Å². The zero-order chi connectivity index (χ0) is 16.4. The van der Waals surface area contributed by atoms with E-state index in [4.69, 9.17) is 0 Å². The van der Waals surface area contributed by atoms with Gasteiger partial charge in [-0.25, -0.2) is 0 Å². The lowest BCUT2D eigenvalue weighted by Crippen LogP contribution is -2.47. The lowest BCUT2D eigenvalue weighted by molar-refractivity contribution is -0.0296. The first-order valence-electron chi connectivity index (χ1n) is 8.49.